The summed E-state index contributed by atoms with van der Waals surface area (Å²) < 4.78 is 0. The molecule has 0 aliphatic carbocycles. The predicted molar refractivity (Wildman–Crippen MR) is 61.7 cm³/mol. The molecule has 0 atom stereocenters. The van der Waals surface area contributed by atoms with Gasteiger partial charge in [0.15, 0.2) is 5.41 Å². The minimum Gasteiger partial charge on any atom is -0.198 e. The Morgan fingerprint density at radius 3 is 1.59 bits per heavy atom. The van der Waals surface area contributed by atoms with Crippen molar-refractivity contribution in [2.24, 2.45) is 16.2 Å². The average Bonchev–Trinajstić information content (AvgIpc) is 2.28. The molecule has 0 bridgehead atoms. The molecule has 0 aromatic rings. The summed E-state index contributed by atoms with van der Waals surface area (Å²) in [6.07, 6.45) is 0.676. The van der Waals surface area contributed by atoms with E-state index in [2.05, 4.69) is 0 Å². The second-order valence-electron chi connectivity index (χ2n) is 5.25. The fourth-order valence-corrected chi connectivity index (χ4v) is 2.09. The lowest BCUT2D eigenvalue weighted by Crippen LogP contribution is -2.46. The van der Waals surface area contributed by atoms with Gasteiger partial charge < -0.3 is 0 Å². The molecule has 0 aliphatic heterocycles. The fourth-order valence-electron chi connectivity index (χ4n) is 2.09. The molecule has 0 saturated carbocycles. The van der Waals surface area contributed by atoms with Gasteiger partial charge in [0, 0.05) is 6.42 Å². The van der Waals surface area contributed by atoms with E-state index in [0.29, 0.717) is 6.42 Å². The third kappa shape index (κ3) is 2.22. The maximum absolute atomic E-state index is 9.37. The second-order valence-corrected chi connectivity index (χ2v) is 5.25. The van der Waals surface area contributed by atoms with Gasteiger partial charge in [0.1, 0.15) is 0 Å². The predicted octanol–water partition coefficient (Wildman–Crippen LogP) is 2.90. The van der Waals surface area contributed by atoms with Crippen molar-refractivity contribution < 1.29 is 0 Å². The Bertz CT molecular complexity index is 432. The van der Waals surface area contributed by atoms with Crippen LogP contribution < -0.4 is 0 Å². The summed E-state index contributed by atoms with van der Waals surface area (Å²) in [7, 11) is 0. The van der Waals surface area contributed by atoms with Crippen molar-refractivity contribution in [3.05, 3.63) is 0 Å². The standard InChI is InChI=1S/C13H16N4/c1-11(2,6-5-7-14)13(9-16,10-17)12(3,4)8-15/h5-6H2,1-4H3. The van der Waals surface area contributed by atoms with Gasteiger partial charge in [-0.15, -0.1) is 0 Å². The molecule has 0 radical (unpaired) electrons. The van der Waals surface area contributed by atoms with Crippen LogP contribution in [0.25, 0.3) is 0 Å². The monoisotopic (exact) mass is 228 g/mol. The van der Waals surface area contributed by atoms with Crippen LogP contribution in [0.15, 0.2) is 0 Å². The Balaban J connectivity index is 5.74. The maximum atomic E-state index is 9.37. The van der Waals surface area contributed by atoms with Gasteiger partial charge >= 0.3 is 0 Å². The normalized spacial score (nSPS) is 11.8. The zero-order valence-corrected chi connectivity index (χ0v) is 10.7. The Kier molecular flexibility index (Phi) is 4.28. The van der Waals surface area contributed by atoms with Crippen LogP contribution in [0.3, 0.4) is 0 Å². The lowest BCUT2D eigenvalue weighted by Gasteiger charge is -2.43. The largest absolute Gasteiger partial charge is 0.198 e. The molecule has 0 amide bonds. The summed E-state index contributed by atoms with van der Waals surface area (Å²) >= 11 is 0. The third-order valence-electron chi connectivity index (χ3n) is 3.43. The highest BCUT2D eigenvalue weighted by atomic mass is 14.6. The number of nitriles is 4. The summed E-state index contributed by atoms with van der Waals surface area (Å²) in [5, 5.41) is 36.5. The van der Waals surface area contributed by atoms with E-state index in [9.17, 15) is 10.5 Å². The van der Waals surface area contributed by atoms with Crippen molar-refractivity contribution in [3.63, 3.8) is 0 Å². The van der Waals surface area contributed by atoms with Gasteiger partial charge in [0.2, 0.25) is 0 Å². The van der Waals surface area contributed by atoms with Crippen LogP contribution in [0.2, 0.25) is 0 Å². The van der Waals surface area contributed by atoms with Gasteiger partial charge in [-0.3, -0.25) is 0 Å². The molecule has 0 rings (SSSR count). The van der Waals surface area contributed by atoms with Crippen molar-refractivity contribution in [1.82, 2.24) is 0 Å². The molecule has 0 aromatic heterocycles. The zero-order valence-electron chi connectivity index (χ0n) is 10.7. The molecule has 0 heterocycles. The molecule has 0 unspecified atom stereocenters. The van der Waals surface area contributed by atoms with Crippen molar-refractivity contribution in [1.29, 1.82) is 21.0 Å². The highest BCUT2D eigenvalue weighted by molar-refractivity contribution is 5.29. The van der Waals surface area contributed by atoms with Crippen LogP contribution in [0, 0.1) is 61.6 Å². The summed E-state index contributed by atoms with van der Waals surface area (Å²) in [6.45, 7) is 6.70. The SMILES string of the molecule is CC(C)(C#N)C(C#N)(C#N)C(C)(C)CCC#N. The zero-order chi connectivity index (χ0) is 13.7. The van der Waals surface area contributed by atoms with E-state index >= 15 is 0 Å². The van der Waals surface area contributed by atoms with E-state index in [4.69, 9.17) is 10.5 Å². The van der Waals surface area contributed by atoms with Gasteiger partial charge in [-0.25, -0.2) is 0 Å². The highest BCUT2D eigenvalue weighted by Gasteiger charge is 2.56. The maximum Gasteiger partial charge on any atom is 0.166 e. The molecule has 0 aromatic carbocycles. The second kappa shape index (κ2) is 4.86. The van der Waals surface area contributed by atoms with Crippen LogP contribution in [0.1, 0.15) is 40.5 Å². The summed E-state index contributed by atoms with van der Waals surface area (Å²) in [6, 6.07) is 8.08. The molecule has 0 spiro atoms. The summed E-state index contributed by atoms with van der Waals surface area (Å²) in [5.74, 6) is 0. The van der Waals surface area contributed by atoms with Crippen LogP contribution >= 0.6 is 0 Å². The van der Waals surface area contributed by atoms with Gasteiger partial charge in [-0.05, 0) is 25.7 Å². The van der Waals surface area contributed by atoms with E-state index in [1.54, 1.807) is 27.7 Å². The fraction of sp³-hybridized carbons (Fsp3) is 0.692. The smallest absolute Gasteiger partial charge is 0.166 e. The van der Waals surface area contributed by atoms with Crippen LogP contribution in [0.5, 0.6) is 0 Å². The van der Waals surface area contributed by atoms with Crippen molar-refractivity contribution in [2.75, 3.05) is 0 Å². The van der Waals surface area contributed by atoms with E-state index in [1.165, 1.54) is 0 Å². The molecule has 0 N–H and O–H groups in total. The Labute approximate surface area is 103 Å². The highest BCUT2D eigenvalue weighted by Crippen LogP contribution is 2.52. The summed E-state index contributed by atoms with van der Waals surface area (Å²) in [5.41, 5.74) is -3.23. The molecule has 17 heavy (non-hydrogen) atoms. The van der Waals surface area contributed by atoms with Gasteiger partial charge in [-0.1, -0.05) is 13.8 Å². The van der Waals surface area contributed by atoms with E-state index in [-0.39, 0.29) is 6.42 Å². The molecular weight excluding hydrogens is 212 g/mol. The van der Waals surface area contributed by atoms with Gasteiger partial charge in [0.25, 0.3) is 0 Å². The average molecular weight is 228 g/mol. The van der Waals surface area contributed by atoms with Crippen LogP contribution in [-0.4, -0.2) is 0 Å². The minimum atomic E-state index is -1.43. The lowest BCUT2D eigenvalue weighted by molar-refractivity contribution is 0.0856. The first-order valence-corrected chi connectivity index (χ1v) is 5.35. The quantitative estimate of drug-likeness (QED) is 0.739. The van der Waals surface area contributed by atoms with Gasteiger partial charge in [0.05, 0.1) is 29.7 Å². The molecule has 0 aliphatic rings. The van der Waals surface area contributed by atoms with E-state index < -0.39 is 16.2 Å². The first kappa shape index (κ1) is 15.0. The third-order valence-corrected chi connectivity index (χ3v) is 3.43. The lowest BCUT2D eigenvalue weighted by atomic mass is 9.53. The summed E-state index contributed by atoms with van der Waals surface area (Å²) in [4.78, 5) is 0. The molecule has 0 saturated heterocycles. The molecular formula is C13H16N4. The Hall–Kier alpha value is -2.04. The van der Waals surface area contributed by atoms with Crippen molar-refractivity contribution >= 4 is 0 Å². The van der Waals surface area contributed by atoms with Gasteiger partial charge in [-0.2, -0.15) is 21.0 Å². The van der Waals surface area contributed by atoms with Crippen molar-refractivity contribution in [3.8, 4) is 24.3 Å². The van der Waals surface area contributed by atoms with Crippen molar-refractivity contribution in [2.45, 2.75) is 40.5 Å². The Morgan fingerprint density at radius 1 is 0.824 bits per heavy atom. The first-order valence-electron chi connectivity index (χ1n) is 5.35. The number of hydrogen-bond acceptors (Lipinski definition) is 4. The number of rotatable bonds is 4. The minimum absolute atomic E-state index is 0.264. The molecule has 0 fully saturated rings. The van der Waals surface area contributed by atoms with E-state index in [1.807, 2.05) is 24.3 Å². The number of hydrogen-bond donors (Lipinski definition) is 0. The number of nitrogens with zero attached hydrogens (tertiary/aromatic N) is 4. The topological polar surface area (TPSA) is 95.2 Å². The molecule has 4 heteroatoms. The first-order chi connectivity index (χ1) is 7.74. The van der Waals surface area contributed by atoms with Crippen LogP contribution in [-0.2, 0) is 0 Å². The Morgan fingerprint density at radius 2 is 1.29 bits per heavy atom. The van der Waals surface area contributed by atoms with E-state index in [0.717, 1.165) is 0 Å². The van der Waals surface area contributed by atoms with Crippen LogP contribution in [0.4, 0.5) is 0 Å². The molecule has 4 nitrogen and oxygen atoms in total. The molecule has 88 valence electrons.